The first kappa shape index (κ1) is 9.52. The van der Waals surface area contributed by atoms with Crippen LogP contribution in [-0.2, 0) is 6.42 Å². The van der Waals surface area contributed by atoms with Crippen molar-refractivity contribution in [3.8, 4) is 0 Å². The van der Waals surface area contributed by atoms with Crippen LogP contribution in [0.3, 0.4) is 0 Å². The fourth-order valence-electron chi connectivity index (χ4n) is 1.09. The molecule has 0 unspecified atom stereocenters. The molecule has 3 heteroatoms. The van der Waals surface area contributed by atoms with E-state index < -0.39 is 0 Å². The molecule has 0 bridgehead atoms. The van der Waals surface area contributed by atoms with Crippen molar-refractivity contribution >= 4 is 17.2 Å². The van der Waals surface area contributed by atoms with E-state index in [4.69, 9.17) is 5.73 Å². The molecule has 12 heavy (non-hydrogen) atoms. The van der Waals surface area contributed by atoms with E-state index in [-0.39, 0.29) is 0 Å². The molecule has 0 aliphatic carbocycles. The average Bonchev–Trinajstić information content (AvgIpc) is 2.06. The summed E-state index contributed by atoms with van der Waals surface area (Å²) in [6.07, 6.45) is 1.02. The Balaban J connectivity index is 2.82. The van der Waals surface area contributed by atoms with Crippen LogP contribution < -0.4 is 5.73 Å². The van der Waals surface area contributed by atoms with Gasteiger partial charge in [-0.05, 0) is 18.8 Å². The van der Waals surface area contributed by atoms with Gasteiger partial charge in [0.15, 0.2) is 0 Å². The van der Waals surface area contributed by atoms with Gasteiger partial charge < -0.3 is 5.73 Å². The topological polar surface area (TPSA) is 38.9 Å². The first-order chi connectivity index (χ1) is 5.38. The normalized spacial score (nSPS) is 12.0. The summed E-state index contributed by atoms with van der Waals surface area (Å²) in [5.74, 6) is 0.715. The van der Waals surface area contributed by atoms with Crippen molar-refractivity contribution in [3.05, 3.63) is 9.88 Å². The molecule has 0 saturated carbocycles. The Labute approximate surface area is 77.8 Å². The van der Waals surface area contributed by atoms with Gasteiger partial charge in [0.1, 0.15) is 5.82 Å². The molecule has 1 aromatic rings. The largest absolute Gasteiger partial charge is 0.383 e. The zero-order chi connectivity index (χ0) is 9.35. The molecule has 0 atom stereocenters. The highest BCUT2D eigenvalue weighted by Crippen LogP contribution is 2.28. The van der Waals surface area contributed by atoms with Crippen LogP contribution in [0.4, 0.5) is 5.82 Å². The molecule has 1 aromatic heterocycles. The van der Waals surface area contributed by atoms with Crippen molar-refractivity contribution in [3.63, 3.8) is 0 Å². The van der Waals surface area contributed by atoms with Crippen LogP contribution in [0, 0.1) is 12.3 Å². The predicted octanol–water partition coefficient (Wildman–Crippen LogP) is 2.62. The lowest BCUT2D eigenvalue weighted by Gasteiger charge is -2.16. The SMILES string of the molecule is Cc1nc(N)c(CC(C)(C)C)s1. The molecule has 1 heterocycles. The third-order valence-electron chi connectivity index (χ3n) is 1.53. The molecule has 0 aliphatic rings. The lowest BCUT2D eigenvalue weighted by Crippen LogP contribution is -2.09. The lowest BCUT2D eigenvalue weighted by molar-refractivity contribution is 0.415. The standard InChI is InChI=1S/C9H16N2S/c1-6-11-8(10)7(12-6)5-9(2,3)4/h5,10H2,1-4H3. The molecule has 0 amide bonds. The number of nitrogens with two attached hydrogens (primary N) is 1. The van der Waals surface area contributed by atoms with E-state index in [0.717, 1.165) is 11.4 Å². The van der Waals surface area contributed by atoms with E-state index in [1.807, 2.05) is 6.92 Å². The maximum absolute atomic E-state index is 5.75. The van der Waals surface area contributed by atoms with Crippen LogP contribution in [0.2, 0.25) is 0 Å². The van der Waals surface area contributed by atoms with Gasteiger partial charge in [0, 0.05) is 4.88 Å². The highest BCUT2D eigenvalue weighted by Gasteiger charge is 2.15. The molecule has 2 N–H and O–H groups in total. The second kappa shape index (κ2) is 3.05. The summed E-state index contributed by atoms with van der Waals surface area (Å²) < 4.78 is 0. The summed E-state index contributed by atoms with van der Waals surface area (Å²) in [4.78, 5) is 5.41. The number of thiazole rings is 1. The van der Waals surface area contributed by atoms with Crippen LogP contribution in [0.5, 0.6) is 0 Å². The number of hydrogen-bond donors (Lipinski definition) is 1. The number of anilines is 1. The van der Waals surface area contributed by atoms with Gasteiger partial charge in [0.05, 0.1) is 5.01 Å². The maximum atomic E-state index is 5.75. The Hall–Kier alpha value is -0.570. The molecule has 0 aliphatic heterocycles. The molecule has 0 fully saturated rings. The quantitative estimate of drug-likeness (QED) is 0.728. The van der Waals surface area contributed by atoms with Crippen molar-refractivity contribution in [2.24, 2.45) is 5.41 Å². The van der Waals surface area contributed by atoms with E-state index in [1.165, 1.54) is 4.88 Å². The minimum absolute atomic E-state index is 0.299. The van der Waals surface area contributed by atoms with Crippen LogP contribution in [-0.4, -0.2) is 4.98 Å². The van der Waals surface area contributed by atoms with Crippen LogP contribution in [0.25, 0.3) is 0 Å². The van der Waals surface area contributed by atoms with Crippen molar-refractivity contribution in [1.29, 1.82) is 0 Å². The first-order valence-electron chi connectivity index (χ1n) is 4.10. The van der Waals surface area contributed by atoms with Gasteiger partial charge in [0.2, 0.25) is 0 Å². The van der Waals surface area contributed by atoms with Gasteiger partial charge in [-0.3, -0.25) is 0 Å². The predicted molar refractivity (Wildman–Crippen MR) is 54.4 cm³/mol. The molecule has 2 nitrogen and oxygen atoms in total. The molecular formula is C9H16N2S. The summed E-state index contributed by atoms with van der Waals surface area (Å²) in [6, 6.07) is 0. The molecule has 0 spiro atoms. The van der Waals surface area contributed by atoms with Crippen molar-refractivity contribution in [1.82, 2.24) is 4.98 Å². The summed E-state index contributed by atoms with van der Waals surface area (Å²) >= 11 is 1.71. The Morgan fingerprint density at radius 3 is 2.33 bits per heavy atom. The molecule has 1 rings (SSSR count). The van der Waals surface area contributed by atoms with Crippen molar-refractivity contribution in [2.75, 3.05) is 5.73 Å². The number of hydrogen-bond acceptors (Lipinski definition) is 3. The Morgan fingerprint density at radius 2 is 2.00 bits per heavy atom. The summed E-state index contributed by atoms with van der Waals surface area (Å²) in [5.41, 5.74) is 6.05. The zero-order valence-electron chi connectivity index (χ0n) is 8.14. The van der Waals surface area contributed by atoms with Crippen molar-refractivity contribution < 1.29 is 0 Å². The summed E-state index contributed by atoms with van der Waals surface area (Å²) in [6.45, 7) is 8.62. The van der Waals surface area contributed by atoms with Crippen LogP contribution in [0.15, 0.2) is 0 Å². The number of rotatable bonds is 1. The maximum Gasteiger partial charge on any atom is 0.137 e. The van der Waals surface area contributed by atoms with Gasteiger partial charge in [-0.25, -0.2) is 4.98 Å². The minimum atomic E-state index is 0.299. The van der Waals surface area contributed by atoms with Gasteiger partial charge in [-0.15, -0.1) is 11.3 Å². The van der Waals surface area contributed by atoms with Crippen molar-refractivity contribution in [2.45, 2.75) is 34.1 Å². The van der Waals surface area contributed by atoms with Gasteiger partial charge in [0.25, 0.3) is 0 Å². The first-order valence-corrected chi connectivity index (χ1v) is 4.92. The van der Waals surface area contributed by atoms with E-state index in [1.54, 1.807) is 11.3 Å². The van der Waals surface area contributed by atoms with E-state index >= 15 is 0 Å². The summed E-state index contributed by atoms with van der Waals surface area (Å²) in [7, 11) is 0. The lowest BCUT2D eigenvalue weighted by atomic mass is 9.91. The van der Waals surface area contributed by atoms with E-state index in [2.05, 4.69) is 25.8 Å². The number of aryl methyl sites for hydroxylation is 1. The van der Waals surface area contributed by atoms with Gasteiger partial charge in [-0.1, -0.05) is 20.8 Å². The van der Waals surface area contributed by atoms with Crippen LogP contribution in [0.1, 0.15) is 30.7 Å². The smallest absolute Gasteiger partial charge is 0.137 e. The second-order valence-corrected chi connectivity index (χ2v) is 5.57. The van der Waals surface area contributed by atoms with E-state index in [0.29, 0.717) is 11.2 Å². The Bertz CT molecular complexity index is 271. The Morgan fingerprint density at radius 1 is 1.42 bits per heavy atom. The fourth-order valence-corrected chi connectivity index (χ4v) is 2.25. The third-order valence-corrected chi connectivity index (χ3v) is 2.51. The number of nitrogens with zero attached hydrogens (tertiary/aromatic N) is 1. The Kier molecular flexibility index (Phi) is 2.42. The zero-order valence-corrected chi connectivity index (χ0v) is 8.96. The molecular weight excluding hydrogens is 168 g/mol. The highest BCUT2D eigenvalue weighted by atomic mass is 32.1. The van der Waals surface area contributed by atoms with Gasteiger partial charge in [-0.2, -0.15) is 0 Å². The molecule has 0 radical (unpaired) electrons. The fraction of sp³-hybridized carbons (Fsp3) is 0.667. The van der Waals surface area contributed by atoms with Gasteiger partial charge >= 0.3 is 0 Å². The number of nitrogen functional groups attached to an aromatic ring is 1. The molecule has 0 saturated heterocycles. The van der Waals surface area contributed by atoms with E-state index in [9.17, 15) is 0 Å². The molecule has 0 aromatic carbocycles. The second-order valence-electron chi connectivity index (χ2n) is 4.28. The minimum Gasteiger partial charge on any atom is -0.383 e. The van der Waals surface area contributed by atoms with Crippen LogP contribution >= 0.6 is 11.3 Å². The highest BCUT2D eigenvalue weighted by molar-refractivity contribution is 7.12. The molecule has 68 valence electrons. The third kappa shape index (κ3) is 2.48. The summed E-state index contributed by atoms with van der Waals surface area (Å²) in [5, 5.41) is 1.06. The number of aromatic nitrogens is 1. The monoisotopic (exact) mass is 184 g/mol. The average molecular weight is 184 g/mol.